The number of carbonyl (C=O) groups excluding carboxylic acids is 1. The molecule has 3 fully saturated rings. The Morgan fingerprint density at radius 1 is 1.32 bits per heavy atom. The molecule has 1 aliphatic carbocycles. The van der Waals surface area contributed by atoms with Gasteiger partial charge < -0.3 is 10.2 Å². The van der Waals surface area contributed by atoms with Gasteiger partial charge in [0.25, 0.3) is 0 Å². The zero-order valence-electron chi connectivity index (χ0n) is 11.3. The van der Waals surface area contributed by atoms with Gasteiger partial charge in [-0.2, -0.15) is 0 Å². The Morgan fingerprint density at radius 2 is 2.11 bits per heavy atom. The molecule has 0 aromatic rings. The highest BCUT2D eigenvalue weighted by atomic mass is 32.2. The van der Waals surface area contributed by atoms with E-state index in [0.717, 1.165) is 13.0 Å². The van der Waals surface area contributed by atoms with Crippen molar-refractivity contribution in [3.63, 3.8) is 0 Å². The van der Waals surface area contributed by atoms with Crippen LogP contribution in [0.4, 0.5) is 0 Å². The maximum Gasteiger partial charge on any atom is 0.239 e. The van der Waals surface area contributed by atoms with Crippen LogP contribution in [-0.2, 0) is 14.6 Å². The molecule has 3 aliphatic rings. The van der Waals surface area contributed by atoms with Crippen molar-refractivity contribution in [3.8, 4) is 0 Å². The van der Waals surface area contributed by atoms with Crippen LogP contribution < -0.4 is 5.32 Å². The first-order valence-electron chi connectivity index (χ1n) is 7.15. The normalized spacial score (nSPS) is 40.9. The highest BCUT2D eigenvalue weighted by Crippen LogP contribution is 2.44. The standard InChI is InChI=1S/C13H22N2O3S/c1-14-12-5-10-4-11(10)7-15(13(12)16)6-9-2-3-19(17,18)8-9/h9-12,14H,2-8H2,1H3. The lowest BCUT2D eigenvalue weighted by Crippen LogP contribution is -2.46. The van der Waals surface area contributed by atoms with Crippen molar-refractivity contribution in [2.45, 2.75) is 25.3 Å². The third kappa shape index (κ3) is 2.79. The van der Waals surface area contributed by atoms with Gasteiger partial charge in [-0.1, -0.05) is 0 Å². The van der Waals surface area contributed by atoms with E-state index >= 15 is 0 Å². The van der Waals surface area contributed by atoms with Crippen molar-refractivity contribution in [2.75, 3.05) is 31.6 Å². The molecule has 0 aromatic carbocycles. The number of amides is 1. The molecule has 0 bridgehead atoms. The monoisotopic (exact) mass is 286 g/mol. The quantitative estimate of drug-likeness (QED) is 0.785. The number of fused-ring (bicyclic) bond motifs is 1. The first kappa shape index (κ1) is 13.4. The predicted molar refractivity (Wildman–Crippen MR) is 72.4 cm³/mol. The molecule has 2 saturated heterocycles. The van der Waals surface area contributed by atoms with Gasteiger partial charge in [0.1, 0.15) is 0 Å². The molecule has 5 nitrogen and oxygen atoms in total. The summed E-state index contributed by atoms with van der Waals surface area (Å²) in [5.41, 5.74) is 0. The smallest absolute Gasteiger partial charge is 0.239 e. The van der Waals surface area contributed by atoms with Gasteiger partial charge in [0.15, 0.2) is 9.84 Å². The van der Waals surface area contributed by atoms with Gasteiger partial charge >= 0.3 is 0 Å². The molecular weight excluding hydrogens is 264 g/mol. The summed E-state index contributed by atoms with van der Waals surface area (Å²) < 4.78 is 23.0. The summed E-state index contributed by atoms with van der Waals surface area (Å²) in [6.45, 7) is 1.46. The average molecular weight is 286 g/mol. The lowest BCUT2D eigenvalue weighted by atomic mass is 10.1. The minimum Gasteiger partial charge on any atom is -0.341 e. The van der Waals surface area contributed by atoms with Gasteiger partial charge in [0.2, 0.25) is 5.91 Å². The Morgan fingerprint density at radius 3 is 2.74 bits per heavy atom. The van der Waals surface area contributed by atoms with Crippen LogP contribution in [0.1, 0.15) is 19.3 Å². The molecule has 1 amide bonds. The van der Waals surface area contributed by atoms with Gasteiger partial charge in [0, 0.05) is 13.1 Å². The number of carbonyl (C=O) groups is 1. The zero-order chi connectivity index (χ0) is 13.6. The highest BCUT2D eigenvalue weighted by molar-refractivity contribution is 7.91. The molecule has 4 unspecified atom stereocenters. The molecule has 0 aromatic heterocycles. The lowest BCUT2D eigenvalue weighted by molar-refractivity contribution is -0.133. The van der Waals surface area contributed by atoms with E-state index in [1.807, 2.05) is 11.9 Å². The zero-order valence-corrected chi connectivity index (χ0v) is 12.2. The molecule has 0 radical (unpaired) electrons. The van der Waals surface area contributed by atoms with Crippen molar-refractivity contribution < 1.29 is 13.2 Å². The van der Waals surface area contributed by atoms with E-state index < -0.39 is 9.84 Å². The molecule has 0 spiro atoms. The summed E-state index contributed by atoms with van der Waals surface area (Å²) in [6, 6.07) is -0.0736. The second kappa shape index (κ2) is 4.74. The van der Waals surface area contributed by atoms with Crippen LogP contribution in [0.2, 0.25) is 0 Å². The molecule has 2 heterocycles. The number of sulfone groups is 1. The highest BCUT2D eigenvalue weighted by Gasteiger charge is 2.46. The van der Waals surface area contributed by atoms with E-state index in [0.29, 0.717) is 30.6 Å². The van der Waals surface area contributed by atoms with E-state index in [-0.39, 0.29) is 23.6 Å². The molecule has 19 heavy (non-hydrogen) atoms. The Hall–Kier alpha value is -0.620. The Balaban J connectivity index is 1.67. The molecule has 4 atom stereocenters. The summed E-state index contributed by atoms with van der Waals surface area (Å²) in [6.07, 6.45) is 2.88. The molecule has 2 aliphatic heterocycles. The van der Waals surface area contributed by atoms with E-state index in [2.05, 4.69) is 5.32 Å². The second-order valence-corrected chi connectivity index (χ2v) is 8.57. The Kier molecular flexibility index (Phi) is 3.33. The summed E-state index contributed by atoms with van der Waals surface area (Å²) in [5, 5.41) is 3.11. The van der Waals surface area contributed by atoms with Crippen molar-refractivity contribution >= 4 is 15.7 Å². The molecule has 6 heteroatoms. The van der Waals surface area contributed by atoms with Gasteiger partial charge in [-0.15, -0.1) is 0 Å². The molecule has 1 saturated carbocycles. The van der Waals surface area contributed by atoms with Crippen molar-refractivity contribution in [2.24, 2.45) is 17.8 Å². The van der Waals surface area contributed by atoms with Gasteiger partial charge in [-0.3, -0.25) is 4.79 Å². The minimum absolute atomic E-state index is 0.0736. The molecule has 3 rings (SSSR count). The number of nitrogens with one attached hydrogen (secondary N) is 1. The number of hydrogen-bond acceptors (Lipinski definition) is 4. The van der Waals surface area contributed by atoms with Crippen LogP contribution in [0.3, 0.4) is 0 Å². The molecular formula is C13H22N2O3S. The van der Waals surface area contributed by atoms with Crippen LogP contribution >= 0.6 is 0 Å². The van der Waals surface area contributed by atoms with E-state index in [4.69, 9.17) is 0 Å². The van der Waals surface area contributed by atoms with Crippen LogP contribution in [0.25, 0.3) is 0 Å². The number of nitrogens with zero attached hydrogens (tertiary/aromatic N) is 1. The van der Waals surface area contributed by atoms with E-state index in [1.165, 1.54) is 6.42 Å². The van der Waals surface area contributed by atoms with Gasteiger partial charge in [-0.25, -0.2) is 8.42 Å². The minimum atomic E-state index is -2.85. The summed E-state index contributed by atoms with van der Waals surface area (Å²) in [4.78, 5) is 14.3. The maximum absolute atomic E-state index is 12.4. The first-order chi connectivity index (χ1) is 8.98. The fraction of sp³-hybridized carbons (Fsp3) is 0.923. The fourth-order valence-electron chi connectivity index (χ4n) is 3.55. The second-order valence-electron chi connectivity index (χ2n) is 6.35. The lowest BCUT2D eigenvalue weighted by Gasteiger charge is -2.27. The van der Waals surface area contributed by atoms with Crippen LogP contribution in [-0.4, -0.2) is 56.9 Å². The number of likely N-dealkylation sites (N-methyl/N-ethyl adjacent to an activating group) is 1. The van der Waals surface area contributed by atoms with Crippen LogP contribution in [0.15, 0.2) is 0 Å². The van der Waals surface area contributed by atoms with Crippen molar-refractivity contribution in [1.82, 2.24) is 10.2 Å². The van der Waals surface area contributed by atoms with Crippen LogP contribution in [0.5, 0.6) is 0 Å². The Bertz CT molecular complexity index is 476. The van der Waals surface area contributed by atoms with E-state index in [1.54, 1.807) is 0 Å². The van der Waals surface area contributed by atoms with E-state index in [9.17, 15) is 13.2 Å². The molecule has 108 valence electrons. The number of likely N-dealkylation sites (tertiary alicyclic amines) is 1. The molecule has 1 N–H and O–H groups in total. The number of hydrogen-bond donors (Lipinski definition) is 1. The predicted octanol–water partition coefficient (Wildman–Crippen LogP) is -0.122. The topological polar surface area (TPSA) is 66.5 Å². The maximum atomic E-state index is 12.4. The fourth-order valence-corrected chi connectivity index (χ4v) is 5.40. The van der Waals surface area contributed by atoms with Crippen molar-refractivity contribution in [3.05, 3.63) is 0 Å². The van der Waals surface area contributed by atoms with Crippen LogP contribution in [0, 0.1) is 17.8 Å². The Labute approximate surface area is 114 Å². The van der Waals surface area contributed by atoms with Gasteiger partial charge in [-0.05, 0) is 44.1 Å². The summed E-state index contributed by atoms with van der Waals surface area (Å²) in [7, 11) is -1.01. The average Bonchev–Trinajstić information content (AvgIpc) is 3.00. The van der Waals surface area contributed by atoms with Gasteiger partial charge in [0.05, 0.1) is 17.5 Å². The van der Waals surface area contributed by atoms with Crippen molar-refractivity contribution in [1.29, 1.82) is 0 Å². The third-order valence-corrected chi connectivity index (χ3v) is 6.66. The first-order valence-corrected chi connectivity index (χ1v) is 8.97. The number of rotatable bonds is 3. The summed E-state index contributed by atoms with van der Waals surface area (Å²) >= 11 is 0. The third-order valence-electron chi connectivity index (χ3n) is 4.83. The summed E-state index contributed by atoms with van der Waals surface area (Å²) in [5.74, 6) is 2.20. The SMILES string of the molecule is CNC1CC2CC2CN(CC2CCS(=O)(=O)C2)C1=O. The largest absolute Gasteiger partial charge is 0.341 e.